The highest BCUT2D eigenvalue weighted by Gasteiger charge is 2.28. The van der Waals surface area contributed by atoms with Gasteiger partial charge in [0.05, 0.1) is 11.6 Å². The number of rotatable bonds is 5. The van der Waals surface area contributed by atoms with Gasteiger partial charge in [0.1, 0.15) is 17.5 Å². The number of carbonyl (C=O) groups is 1. The zero-order valence-corrected chi connectivity index (χ0v) is 16.4. The van der Waals surface area contributed by atoms with Crippen molar-refractivity contribution in [1.29, 1.82) is 0 Å². The summed E-state index contributed by atoms with van der Waals surface area (Å²) in [5.41, 5.74) is 2.33. The average molecular weight is 400 g/mol. The second-order valence-electron chi connectivity index (χ2n) is 6.99. The Morgan fingerprint density at radius 1 is 1.39 bits per heavy atom. The van der Waals surface area contributed by atoms with Gasteiger partial charge in [-0.2, -0.15) is 4.98 Å². The molecule has 1 fully saturated rings. The molecule has 4 rings (SSSR count). The number of hydrogen-bond donors (Lipinski definition) is 1. The number of amides is 1. The van der Waals surface area contributed by atoms with E-state index in [1.807, 2.05) is 31.2 Å². The number of carbonyl (C=O) groups excluding carboxylic acids is 1. The van der Waals surface area contributed by atoms with Crippen LogP contribution in [0.25, 0.3) is 11.1 Å². The molecule has 0 radical (unpaired) electrons. The van der Waals surface area contributed by atoms with Crippen LogP contribution in [0.5, 0.6) is 0 Å². The lowest BCUT2D eigenvalue weighted by Crippen LogP contribution is -2.43. The summed E-state index contributed by atoms with van der Waals surface area (Å²) in [6.07, 6.45) is 4.01. The van der Waals surface area contributed by atoms with Gasteiger partial charge in [-0.25, -0.2) is 4.98 Å². The van der Waals surface area contributed by atoms with E-state index in [0.717, 1.165) is 48.3 Å². The number of fused-ring (bicyclic) bond motifs is 1. The fourth-order valence-corrected chi connectivity index (χ4v) is 3.88. The molecule has 1 aliphatic heterocycles. The van der Waals surface area contributed by atoms with E-state index >= 15 is 0 Å². The molecule has 1 aliphatic rings. The molecule has 1 aromatic carbocycles. The zero-order valence-electron chi connectivity index (χ0n) is 15.7. The lowest BCUT2D eigenvalue weighted by Gasteiger charge is -2.33. The van der Waals surface area contributed by atoms with Crippen LogP contribution in [0.4, 0.5) is 5.82 Å². The number of aryl methyl sites for hydroxylation is 1. The van der Waals surface area contributed by atoms with Gasteiger partial charge in [0.25, 0.3) is 5.71 Å². The molecule has 3 heterocycles. The van der Waals surface area contributed by atoms with Crippen molar-refractivity contribution in [3.05, 3.63) is 46.9 Å². The van der Waals surface area contributed by atoms with Crippen molar-refractivity contribution in [3.8, 4) is 0 Å². The number of hydrogen-bond acceptors (Lipinski definition) is 6. The molecule has 0 aliphatic carbocycles. The second kappa shape index (κ2) is 8.14. The Labute approximate surface area is 168 Å². The summed E-state index contributed by atoms with van der Waals surface area (Å²) in [6.45, 7) is 3.95. The molecule has 8 heteroatoms. The zero-order chi connectivity index (χ0) is 19.5. The topological polar surface area (TPSA) is 84.2 Å². The summed E-state index contributed by atoms with van der Waals surface area (Å²) in [6, 6.07) is 7.53. The summed E-state index contributed by atoms with van der Waals surface area (Å²) in [7, 11) is 0. The summed E-state index contributed by atoms with van der Waals surface area (Å²) in [5.74, 6) is 0.759. The monoisotopic (exact) mass is 399 g/mol. The molecule has 1 saturated heterocycles. The second-order valence-corrected chi connectivity index (χ2v) is 7.43. The molecular weight excluding hydrogens is 378 g/mol. The van der Waals surface area contributed by atoms with Crippen molar-refractivity contribution in [1.82, 2.24) is 20.4 Å². The number of anilines is 1. The maximum Gasteiger partial charge on any atom is 0.263 e. The highest BCUT2D eigenvalue weighted by Crippen LogP contribution is 2.30. The molecule has 1 N–H and O–H groups in total. The molecular formula is C20H22ClN5O2. The number of benzene rings is 1. The Kier molecular flexibility index (Phi) is 5.43. The number of nitrogens with zero attached hydrogens (tertiary/aromatic N) is 4. The van der Waals surface area contributed by atoms with Gasteiger partial charge in [-0.3, -0.25) is 4.79 Å². The van der Waals surface area contributed by atoms with Crippen LogP contribution in [0.1, 0.15) is 31.0 Å². The third-order valence-electron chi connectivity index (χ3n) is 5.11. The molecule has 2 aromatic heterocycles. The van der Waals surface area contributed by atoms with E-state index in [4.69, 9.17) is 16.1 Å². The lowest BCUT2D eigenvalue weighted by atomic mass is 9.96. The first-order valence-electron chi connectivity index (χ1n) is 9.52. The van der Waals surface area contributed by atoms with Crippen LogP contribution in [0.3, 0.4) is 0 Å². The third-order valence-corrected chi connectivity index (χ3v) is 5.34. The summed E-state index contributed by atoms with van der Waals surface area (Å²) in [5, 5.41) is 8.66. The van der Waals surface area contributed by atoms with Crippen molar-refractivity contribution < 1.29 is 9.32 Å². The number of aromatic nitrogens is 3. The number of piperidine rings is 1. The van der Waals surface area contributed by atoms with E-state index in [-0.39, 0.29) is 11.8 Å². The predicted molar refractivity (Wildman–Crippen MR) is 107 cm³/mol. The van der Waals surface area contributed by atoms with Crippen LogP contribution >= 0.6 is 11.6 Å². The fraction of sp³-hybridized carbons (Fsp3) is 0.400. The maximum atomic E-state index is 12.7. The number of halogens is 1. The van der Waals surface area contributed by atoms with Gasteiger partial charge >= 0.3 is 0 Å². The lowest BCUT2D eigenvalue weighted by molar-refractivity contribution is -0.125. The van der Waals surface area contributed by atoms with Crippen LogP contribution in [-0.2, 0) is 17.8 Å². The summed E-state index contributed by atoms with van der Waals surface area (Å²) < 4.78 is 5.33. The minimum absolute atomic E-state index is 0.0519. The van der Waals surface area contributed by atoms with Gasteiger partial charge in [-0.15, -0.1) is 0 Å². The minimum atomic E-state index is -0.0945. The molecule has 0 bridgehead atoms. The van der Waals surface area contributed by atoms with Gasteiger partial charge in [-0.1, -0.05) is 35.8 Å². The first-order chi connectivity index (χ1) is 13.7. The Morgan fingerprint density at radius 2 is 2.29 bits per heavy atom. The smallest absolute Gasteiger partial charge is 0.263 e. The van der Waals surface area contributed by atoms with Crippen molar-refractivity contribution in [2.45, 2.75) is 32.7 Å². The van der Waals surface area contributed by atoms with E-state index in [2.05, 4.69) is 25.3 Å². The predicted octanol–water partition coefficient (Wildman–Crippen LogP) is 3.37. The van der Waals surface area contributed by atoms with E-state index in [9.17, 15) is 4.79 Å². The Hall–Kier alpha value is -2.67. The van der Waals surface area contributed by atoms with E-state index in [1.54, 1.807) is 0 Å². The van der Waals surface area contributed by atoms with Gasteiger partial charge < -0.3 is 14.7 Å². The molecule has 0 saturated carbocycles. The number of nitrogens with one attached hydrogen (secondary N) is 1. The van der Waals surface area contributed by atoms with Gasteiger partial charge in [0.2, 0.25) is 5.91 Å². The molecule has 1 atom stereocenters. The SMILES string of the molecule is CCc1noc2ncnc(N3CCCC(C(=O)NCc4cccc(Cl)c4)C3)c12. The van der Waals surface area contributed by atoms with Crippen LogP contribution < -0.4 is 10.2 Å². The van der Waals surface area contributed by atoms with E-state index in [0.29, 0.717) is 23.8 Å². The Balaban J connectivity index is 1.47. The first-order valence-corrected chi connectivity index (χ1v) is 9.90. The fourth-order valence-electron chi connectivity index (χ4n) is 3.67. The third kappa shape index (κ3) is 3.80. The van der Waals surface area contributed by atoms with Crippen molar-refractivity contribution in [2.75, 3.05) is 18.0 Å². The average Bonchev–Trinajstić information content (AvgIpc) is 3.15. The Morgan fingerprint density at radius 3 is 3.11 bits per heavy atom. The molecule has 146 valence electrons. The molecule has 28 heavy (non-hydrogen) atoms. The van der Waals surface area contributed by atoms with E-state index < -0.39 is 0 Å². The van der Waals surface area contributed by atoms with Crippen LogP contribution in [0.2, 0.25) is 5.02 Å². The molecule has 1 unspecified atom stereocenters. The standard InChI is InChI=1S/C20H22ClN5O2/c1-2-16-17-18(23-12-24-20(17)28-25-16)26-8-4-6-14(11-26)19(27)22-10-13-5-3-7-15(21)9-13/h3,5,7,9,12,14H,2,4,6,8,10-11H2,1H3,(H,22,27). The highest BCUT2D eigenvalue weighted by atomic mass is 35.5. The minimum Gasteiger partial charge on any atom is -0.355 e. The van der Waals surface area contributed by atoms with Crippen LogP contribution in [0.15, 0.2) is 35.1 Å². The largest absolute Gasteiger partial charge is 0.355 e. The van der Waals surface area contributed by atoms with Crippen LogP contribution in [-0.4, -0.2) is 34.1 Å². The summed E-state index contributed by atoms with van der Waals surface area (Å²) in [4.78, 5) is 23.5. The summed E-state index contributed by atoms with van der Waals surface area (Å²) >= 11 is 6.01. The molecule has 0 spiro atoms. The van der Waals surface area contributed by atoms with Gasteiger partial charge in [-0.05, 0) is 37.0 Å². The Bertz CT molecular complexity index is 990. The first kappa shape index (κ1) is 18.7. The van der Waals surface area contributed by atoms with Gasteiger partial charge in [0.15, 0.2) is 0 Å². The molecule has 7 nitrogen and oxygen atoms in total. The van der Waals surface area contributed by atoms with Crippen molar-refractivity contribution in [2.24, 2.45) is 5.92 Å². The van der Waals surface area contributed by atoms with Crippen molar-refractivity contribution >= 4 is 34.4 Å². The van der Waals surface area contributed by atoms with Crippen LogP contribution in [0, 0.1) is 5.92 Å². The molecule has 3 aromatic rings. The quantitative estimate of drug-likeness (QED) is 0.708. The molecule has 1 amide bonds. The van der Waals surface area contributed by atoms with Gasteiger partial charge in [0, 0.05) is 24.7 Å². The normalized spacial score (nSPS) is 17.1. The maximum absolute atomic E-state index is 12.7. The van der Waals surface area contributed by atoms with E-state index in [1.165, 1.54) is 6.33 Å². The van der Waals surface area contributed by atoms with Crippen molar-refractivity contribution in [3.63, 3.8) is 0 Å². The highest BCUT2D eigenvalue weighted by molar-refractivity contribution is 6.30.